The van der Waals surface area contributed by atoms with Crippen molar-refractivity contribution >= 4 is 23.5 Å². The normalized spacial score (nSPS) is 31.2. The van der Waals surface area contributed by atoms with Gasteiger partial charge in [0.05, 0.1) is 6.20 Å². The predicted molar refractivity (Wildman–Crippen MR) is 100 cm³/mol. The van der Waals surface area contributed by atoms with Crippen LogP contribution in [0, 0.1) is 23.6 Å². The molecular weight excluding hydrogens is 373 g/mol. The van der Waals surface area contributed by atoms with Crippen molar-refractivity contribution in [3.8, 4) is 0 Å². The van der Waals surface area contributed by atoms with Crippen molar-refractivity contribution in [1.29, 1.82) is 0 Å². The van der Waals surface area contributed by atoms with Gasteiger partial charge in [0.2, 0.25) is 5.44 Å². The van der Waals surface area contributed by atoms with Crippen molar-refractivity contribution in [2.75, 3.05) is 11.5 Å². The molecule has 9 heteroatoms. The molecule has 0 bridgehead atoms. The number of hydrogen-bond donors (Lipinski definition) is 1. The summed E-state index contributed by atoms with van der Waals surface area (Å²) in [6, 6.07) is 0. The summed E-state index contributed by atoms with van der Waals surface area (Å²) in [5.41, 5.74) is 3.74. The number of thioether (sulfide) groups is 1. The highest BCUT2D eigenvalue weighted by atomic mass is 32.2. The average molecular weight is 399 g/mol. The number of ether oxygens (including phenoxy) is 2. The number of carbonyl (C=O) groups is 1. The maximum absolute atomic E-state index is 13.6. The van der Waals surface area contributed by atoms with Crippen LogP contribution in [0.15, 0.2) is 11.0 Å². The van der Waals surface area contributed by atoms with Crippen molar-refractivity contribution in [2.24, 2.45) is 17.8 Å². The van der Waals surface area contributed by atoms with Gasteiger partial charge in [0.25, 0.3) is 0 Å². The topological polar surface area (TPSA) is 96.4 Å². The first-order chi connectivity index (χ1) is 12.8. The molecule has 1 aliphatic carbocycles. The molecular formula is C18H26FN3O4S. The Balaban J connectivity index is 1.65. The van der Waals surface area contributed by atoms with Crippen LogP contribution in [0.4, 0.5) is 10.2 Å². The highest BCUT2D eigenvalue weighted by Gasteiger charge is 2.39. The molecule has 2 aliphatic rings. The van der Waals surface area contributed by atoms with E-state index in [4.69, 9.17) is 15.2 Å². The number of carbonyl (C=O) groups excluding carboxylic acids is 1. The Hall–Kier alpha value is -1.61. The van der Waals surface area contributed by atoms with Gasteiger partial charge in [-0.05, 0) is 30.6 Å². The maximum atomic E-state index is 13.6. The van der Waals surface area contributed by atoms with Crippen molar-refractivity contribution in [2.45, 2.75) is 57.8 Å². The Bertz CT molecular complexity index is 757. The van der Waals surface area contributed by atoms with Crippen LogP contribution in [0.2, 0.25) is 0 Å². The van der Waals surface area contributed by atoms with E-state index < -0.39 is 35.0 Å². The molecule has 0 amide bonds. The maximum Gasteiger partial charge on any atom is 0.351 e. The SMILES string of the molecule is CC(C)C1CC[C@@H](C)CC1OC(=O)[C@@H]1O[C@H](n2cc(F)c(N)nc2=O)CS1. The van der Waals surface area contributed by atoms with Crippen LogP contribution in [0.5, 0.6) is 0 Å². The van der Waals surface area contributed by atoms with E-state index in [1.807, 2.05) is 0 Å². The number of nitrogens with zero attached hydrogens (tertiary/aromatic N) is 2. The molecule has 1 saturated carbocycles. The van der Waals surface area contributed by atoms with E-state index >= 15 is 0 Å². The number of esters is 1. The molecule has 0 radical (unpaired) electrons. The number of rotatable bonds is 4. The van der Waals surface area contributed by atoms with Crippen molar-refractivity contribution < 1.29 is 18.7 Å². The van der Waals surface area contributed by atoms with E-state index in [0.29, 0.717) is 23.5 Å². The first-order valence-electron chi connectivity index (χ1n) is 9.28. The number of nitrogens with two attached hydrogens (primary N) is 1. The number of halogens is 1. The second kappa shape index (κ2) is 8.18. The van der Waals surface area contributed by atoms with Crippen LogP contribution < -0.4 is 11.4 Å². The molecule has 7 nitrogen and oxygen atoms in total. The van der Waals surface area contributed by atoms with Gasteiger partial charge in [-0.15, -0.1) is 11.8 Å². The van der Waals surface area contributed by atoms with Crippen molar-refractivity contribution in [3.05, 3.63) is 22.5 Å². The molecule has 2 heterocycles. The largest absolute Gasteiger partial charge is 0.459 e. The van der Waals surface area contributed by atoms with Gasteiger partial charge in [-0.2, -0.15) is 4.98 Å². The summed E-state index contributed by atoms with van der Waals surface area (Å²) in [6.45, 7) is 6.46. The third-order valence-corrected chi connectivity index (χ3v) is 6.42. The Morgan fingerprint density at radius 3 is 2.93 bits per heavy atom. The zero-order chi connectivity index (χ0) is 19.7. The lowest BCUT2D eigenvalue weighted by molar-refractivity contribution is -0.166. The third kappa shape index (κ3) is 4.45. The molecule has 5 atom stereocenters. The van der Waals surface area contributed by atoms with Gasteiger partial charge in [0.15, 0.2) is 11.6 Å². The van der Waals surface area contributed by atoms with Gasteiger partial charge in [-0.25, -0.2) is 14.0 Å². The fourth-order valence-corrected chi connectivity index (χ4v) is 4.76. The smallest absolute Gasteiger partial charge is 0.351 e. The minimum atomic E-state index is -0.840. The van der Waals surface area contributed by atoms with E-state index in [-0.39, 0.29) is 6.10 Å². The Labute approximate surface area is 161 Å². The molecule has 1 aromatic heterocycles. The van der Waals surface area contributed by atoms with Gasteiger partial charge in [-0.1, -0.05) is 27.2 Å². The summed E-state index contributed by atoms with van der Waals surface area (Å²) in [6.07, 6.45) is 3.09. The van der Waals surface area contributed by atoms with Crippen molar-refractivity contribution in [3.63, 3.8) is 0 Å². The summed E-state index contributed by atoms with van der Waals surface area (Å²) in [5, 5.41) is 0. The average Bonchev–Trinajstić information content (AvgIpc) is 3.08. The quantitative estimate of drug-likeness (QED) is 0.777. The van der Waals surface area contributed by atoms with Crippen LogP contribution in [-0.2, 0) is 14.3 Å². The highest BCUT2D eigenvalue weighted by Crippen LogP contribution is 2.37. The Morgan fingerprint density at radius 2 is 2.22 bits per heavy atom. The Morgan fingerprint density at radius 1 is 1.48 bits per heavy atom. The lowest BCUT2D eigenvalue weighted by atomic mass is 9.75. The fraction of sp³-hybridized carbons (Fsp3) is 0.722. The minimum Gasteiger partial charge on any atom is -0.459 e. The first kappa shape index (κ1) is 20.1. The second-order valence-electron chi connectivity index (χ2n) is 7.72. The van der Waals surface area contributed by atoms with Gasteiger partial charge in [0, 0.05) is 5.75 Å². The molecule has 1 saturated heterocycles. The van der Waals surface area contributed by atoms with Gasteiger partial charge in [-0.3, -0.25) is 4.57 Å². The zero-order valence-corrected chi connectivity index (χ0v) is 16.6. The zero-order valence-electron chi connectivity index (χ0n) is 15.8. The molecule has 2 N–H and O–H groups in total. The monoisotopic (exact) mass is 399 g/mol. The molecule has 150 valence electrons. The summed E-state index contributed by atoms with van der Waals surface area (Å²) in [5.74, 6) is -0.0872. The Kier molecular flexibility index (Phi) is 6.10. The van der Waals surface area contributed by atoms with Gasteiger partial charge in [0.1, 0.15) is 12.3 Å². The first-order valence-corrected chi connectivity index (χ1v) is 10.3. The predicted octanol–water partition coefficient (Wildman–Crippen LogP) is 2.56. The molecule has 1 aliphatic heterocycles. The summed E-state index contributed by atoms with van der Waals surface area (Å²) in [7, 11) is 0. The number of nitrogen functional groups attached to an aromatic ring is 1. The highest BCUT2D eigenvalue weighted by molar-refractivity contribution is 8.00. The van der Waals surface area contributed by atoms with Gasteiger partial charge >= 0.3 is 11.7 Å². The van der Waals surface area contributed by atoms with E-state index in [0.717, 1.165) is 30.0 Å². The number of hydrogen-bond acceptors (Lipinski definition) is 7. The lowest BCUT2D eigenvalue weighted by Gasteiger charge is -2.37. The molecule has 0 aromatic carbocycles. The van der Waals surface area contributed by atoms with Crippen LogP contribution >= 0.6 is 11.8 Å². The van der Waals surface area contributed by atoms with Crippen molar-refractivity contribution in [1.82, 2.24) is 9.55 Å². The standard InChI is InChI=1S/C18H26FN3O4S/c1-9(2)11-5-4-10(3)6-13(11)25-16(23)17-26-14(8-27-17)22-7-12(19)15(20)21-18(22)24/h7,9-11,13-14,17H,4-6,8H2,1-3H3,(H2,20,21,24)/t10-,11?,13?,14+,17-/m1/s1. The minimum absolute atomic E-state index is 0.122. The summed E-state index contributed by atoms with van der Waals surface area (Å²) < 4.78 is 26.1. The third-order valence-electron chi connectivity index (χ3n) is 5.34. The van der Waals surface area contributed by atoms with Crippen LogP contribution in [0.25, 0.3) is 0 Å². The molecule has 2 unspecified atom stereocenters. The van der Waals surface area contributed by atoms with Crippen LogP contribution in [0.3, 0.4) is 0 Å². The second-order valence-corrected chi connectivity index (χ2v) is 8.82. The number of anilines is 1. The van der Waals surface area contributed by atoms with E-state index in [9.17, 15) is 14.0 Å². The fourth-order valence-electron chi connectivity index (χ4n) is 3.78. The van der Waals surface area contributed by atoms with Crippen LogP contribution in [0.1, 0.15) is 46.3 Å². The van der Waals surface area contributed by atoms with E-state index in [2.05, 4.69) is 25.8 Å². The van der Waals surface area contributed by atoms with Crippen LogP contribution in [-0.4, -0.2) is 32.8 Å². The van der Waals surface area contributed by atoms with E-state index in [1.54, 1.807) is 0 Å². The summed E-state index contributed by atoms with van der Waals surface area (Å²) in [4.78, 5) is 28.0. The van der Waals surface area contributed by atoms with E-state index in [1.165, 1.54) is 11.8 Å². The van der Waals surface area contributed by atoms with Gasteiger partial charge < -0.3 is 15.2 Å². The molecule has 27 heavy (non-hydrogen) atoms. The summed E-state index contributed by atoms with van der Waals surface area (Å²) >= 11 is 1.23. The number of aromatic nitrogens is 2. The molecule has 0 spiro atoms. The molecule has 1 aromatic rings. The lowest BCUT2D eigenvalue weighted by Crippen LogP contribution is -2.38. The molecule has 3 rings (SSSR count). The molecule has 2 fully saturated rings.